The van der Waals surface area contributed by atoms with Crippen LogP contribution in [0.3, 0.4) is 0 Å². The monoisotopic (exact) mass is 443 g/mol. The second-order valence-electron chi connectivity index (χ2n) is 7.91. The van der Waals surface area contributed by atoms with Crippen LogP contribution in [0.2, 0.25) is 0 Å². The molecule has 0 amide bonds. The van der Waals surface area contributed by atoms with Gasteiger partial charge in [0.2, 0.25) is 0 Å². The highest BCUT2D eigenvalue weighted by Crippen LogP contribution is 2.35. The minimum Gasteiger partial charge on any atom is -0.493 e. The number of anilines is 1. The van der Waals surface area contributed by atoms with E-state index in [1.807, 2.05) is 26.0 Å². The molecule has 0 saturated carbocycles. The number of ether oxygens (including phenoxy) is 1. The number of piperidine rings is 1. The highest BCUT2D eigenvalue weighted by Gasteiger charge is 2.20. The molecule has 1 aromatic heterocycles. The smallest absolute Gasteiger partial charge is 0.275 e. The lowest BCUT2D eigenvalue weighted by Crippen LogP contribution is -2.27. The molecule has 168 valence electrons. The topological polar surface area (TPSA) is 94.1 Å². The number of rotatable bonds is 9. The summed E-state index contributed by atoms with van der Waals surface area (Å²) >= 11 is 1.74. The summed E-state index contributed by atoms with van der Waals surface area (Å²) in [4.78, 5) is 21.4. The van der Waals surface area contributed by atoms with Gasteiger partial charge in [-0.3, -0.25) is 4.79 Å². The molecular weight excluding hydrogens is 410 g/mol. The van der Waals surface area contributed by atoms with Crippen LogP contribution in [-0.4, -0.2) is 46.7 Å². The number of nitrogens with one attached hydrogen (secondary N) is 3. The van der Waals surface area contributed by atoms with E-state index < -0.39 is 0 Å². The van der Waals surface area contributed by atoms with Crippen LogP contribution in [0.4, 0.5) is 5.69 Å². The van der Waals surface area contributed by atoms with Crippen LogP contribution >= 0.6 is 11.9 Å². The first-order valence-electron chi connectivity index (χ1n) is 11.1. The first-order valence-corrected chi connectivity index (χ1v) is 11.8. The molecule has 0 aliphatic carbocycles. The molecule has 0 spiro atoms. The van der Waals surface area contributed by atoms with Crippen molar-refractivity contribution in [3.63, 3.8) is 0 Å². The molecule has 0 bridgehead atoms. The second kappa shape index (κ2) is 10.8. The average molecular weight is 444 g/mol. The van der Waals surface area contributed by atoms with E-state index in [0.717, 1.165) is 35.9 Å². The minimum atomic E-state index is -0.283. The maximum atomic E-state index is 12.8. The van der Waals surface area contributed by atoms with Crippen molar-refractivity contribution in [3.05, 3.63) is 34.2 Å². The van der Waals surface area contributed by atoms with Crippen LogP contribution in [0.15, 0.2) is 27.9 Å². The Morgan fingerprint density at radius 1 is 1.35 bits per heavy atom. The van der Waals surface area contributed by atoms with E-state index in [-0.39, 0.29) is 5.56 Å². The van der Waals surface area contributed by atoms with Crippen LogP contribution in [0.5, 0.6) is 5.75 Å². The first kappa shape index (κ1) is 23.3. The van der Waals surface area contributed by atoms with Gasteiger partial charge in [-0.25, -0.2) is 9.29 Å². The van der Waals surface area contributed by atoms with Gasteiger partial charge in [0.05, 0.1) is 17.9 Å². The number of hydrogen-bond acceptors (Lipinski definition) is 7. The molecule has 0 radical (unpaired) electrons. The van der Waals surface area contributed by atoms with Crippen LogP contribution in [-0.2, 0) is 0 Å². The molecule has 3 N–H and O–H groups in total. The molecular formula is C23H33N5O2S. The van der Waals surface area contributed by atoms with Crippen molar-refractivity contribution in [1.29, 1.82) is 5.41 Å². The third kappa shape index (κ3) is 5.68. The van der Waals surface area contributed by atoms with Crippen LogP contribution < -0.4 is 15.6 Å². The van der Waals surface area contributed by atoms with Crippen molar-refractivity contribution in [3.8, 4) is 17.1 Å². The van der Waals surface area contributed by atoms with Crippen molar-refractivity contribution >= 4 is 23.3 Å². The number of nitrogens with zero attached hydrogens (tertiary/aromatic N) is 2. The first-order chi connectivity index (χ1) is 15.0. The Kier molecular flexibility index (Phi) is 8.15. The quantitative estimate of drug-likeness (QED) is 0.381. The van der Waals surface area contributed by atoms with Gasteiger partial charge in [0.25, 0.3) is 5.56 Å². The standard InChI is InChI=1S/C23H33N5O2S/c1-5-7-18(24)20-21(25-4)23(29)27-22(26-20)17-14-16(8-9-19(17)30-6-2)31-28-12-10-15(3)11-13-28/h8-9,14-15,24-25H,5-7,10-13H2,1-4H3,(H,26,27,29). The van der Waals surface area contributed by atoms with E-state index in [9.17, 15) is 4.79 Å². The summed E-state index contributed by atoms with van der Waals surface area (Å²) in [5.74, 6) is 1.88. The number of hydrogen-bond donors (Lipinski definition) is 3. The zero-order valence-corrected chi connectivity index (χ0v) is 19.7. The second-order valence-corrected chi connectivity index (χ2v) is 9.08. The Morgan fingerprint density at radius 2 is 2.10 bits per heavy atom. The fourth-order valence-electron chi connectivity index (χ4n) is 3.68. The highest BCUT2D eigenvalue weighted by atomic mass is 32.2. The van der Waals surface area contributed by atoms with Crippen molar-refractivity contribution in [2.45, 2.75) is 51.3 Å². The van der Waals surface area contributed by atoms with Gasteiger partial charge in [-0.2, -0.15) is 0 Å². The van der Waals surface area contributed by atoms with Gasteiger partial charge < -0.3 is 20.4 Å². The van der Waals surface area contributed by atoms with E-state index in [0.29, 0.717) is 41.7 Å². The lowest BCUT2D eigenvalue weighted by atomic mass is 10.0. The van der Waals surface area contributed by atoms with Crippen LogP contribution in [0.25, 0.3) is 11.4 Å². The van der Waals surface area contributed by atoms with Gasteiger partial charge in [0.15, 0.2) is 0 Å². The average Bonchev–Trinajstić information content (AvgIpc) is 2.76. The summed E-state index contributed by atoms with van der Waals surface area (Å²) in [6, 6.07) is 6.02. The summed E-state index contributed by atoms with van der Waals surface area (Å²) in [6.07, 6.45) is 3.79. The molecule has 1 aromatic carbocycles. The Bertz CT molecular complexity index is 967. The Hall–Kier alpha value is -2.32. The van der Waals surface area contributed by atoms with Gasteiger partial charge >= 0.3 is 0 Å². The summed E-state index contributed by atoms with van der Waals surface area (Å²) in [6.45, 7) is 8.90. The predicted molar refractivity (Wildman–Crippen MR) is 129 cm³/mol. The Morgan fingerprint density at radius 3 is 2.74 bits per heavy atom. The van der Waals surface area contributed by atoms with Crippen molar-refractivity contribution in [1.82, 2.24) is 14.3 Å². The van der Waals surface area contributed by atoms with E-state index in [1.54, 1.807) is 19.0 Å². The fraction of sp³-hybridized carbons (Fsp3) is 0.522. The molecule has 8 heteroatoms. The summed E-state index contributed by atoms with van der Waals surface area (Å²) < 4.78 is 8.23. The third-order valence-electron chi connectivity index (χ3n) is 5.44. The van der Waals surface area contributed by atoms with Crippen molar-refractivity contribution in [2.75, 3.05) is 32.1 Å². The minimum absolute atomic E-state index is 0.283. The van der Waals surface area contributed by atoms with E-state index in [2.05, 4.69) is 32.6 Å². The molecule has 0 atom stereocenters. The number of benzene rings is 1. The maximum Gasteiger partial charge on any atom is 0.275 e. The lowest BCUT2D eigenvalue weighted by molar-refractivity contribution is 0.308. The number of H-pyrrole nitrogens is 1. The third-order valence-corrected chi connectivity index (χ3v) is 6.53. The van der Waals surface area contributed by atoms with Crippen molar-refractivity contribution < 1.29 is 4.74 Å². The summed E-state index contributed by atoms with van der Waals surface area (Å²) in [5, 5.41) is 11.3. The Balaban J connectivity index is 2.01. The zero-order chi connectivity index (χ0) is 22.4. The molecule has 1 aliphatic rings. The van der Waals surface area contributed by atoms with Gasteiger partial charge in [0, 0.05) is 25.0 Å². The predicted octanol–water partition coefficient (Wildman–Crippen LogP) is 4.78. The van der Waals surface area contributed by atoms with E-state index in [1.165, 1.54) is 12.8 Å². The molecule has 3 rings (SSSR count). The van der Waals surface area contributed by atoms with Gasteiger partial charge in [-0.15, -0.1) is 0 Å². The fourth-order valence-corrected chi connectivity index (χ4v) is 4.67. The van der Waals surface area contributed by atoms with Gasteiger partial charge in [0.1, 0.15) is 23.0 Å². The SMILES string of the molecule is CCCC(=N)c1nc(-c2cc(SN3CCC(C)CC3)ccc2OCC)[nH]c(=O)c1NC. The normalized spacial score (nSPS) is 15.1. The van der Waals surface area contributed by atoms with Crippen molar-refractivity contribution in [2.24, 2.45) is 5.92 Å². The molecule has 1 saturated heterocycles. The highest BCUT2D eigenvalue weighted by molar-refractivity contribution is 7.97. The molecule has 2 heterocycles. The molecule has 1 fully saturated rings. The number of aromatic amines is 1. The molecule has 1 aliphatic heterocycles. The lowest BCUT2D eigenvalue weighted by Gasteiger charge is -2.29. The maximum absolute atomic E-state index is 12.8. The van der Waals surface area contributed by atoms with E-state index >= 15 is 0 Å². The van der Waals surface area contributed by atoms with E-state index in [4.69, 9.17) is 10.1 Å². The largest absolute Gasteiger partial charge is 0.493 e. The zero-order valence-electron chi connectivity index (χ0n) is 18.9. The number of aromatic nitrogens is 2. The summed E-state index contributed by atoms with van der Waals surface area (Å²) in [5.41, 5.74) is 1.53. The van der Waals surface area contributed by atoms with Crippen LogP contribution in [0, 0.1) is 11.3 Å². The molecule has 0 unspecified atom stereocenters. The molecule has 7 nitrogen and oxygen atoms in total. The van der Waals surface area contributed by atoms with Gasteiger partial charge in [-0.05, 0) is 62.3 Å². The molecule has 2 aromatic rings. The van der Waals surface area contributed by atoms with Gasteiger partial charge in [-0.1, -0.05) is 20.3 Å². The Labute approximate surface area is 188 Å². The molecule has 31 heavy (non-hydrogen) atoms. The van der Waals surface area contributed by atoms with Crippen LogP contribution in [0.1, 0.15) is 52.1 Å². The summed E-state index contributed by atoms with van der Waals surface area (Å²) in [7, 11) is 1.68.